The summed E-state index contributed by atoms with van der Waals surface area (Å²) in [4.78, 5) is 11.1. The summed E-state index contributed by atoms with van der Waals surface area (Å²) in [7, 11) is 1.61. The highest BCUT2D eigenvalue weighted by molar-refractivity contribution is 7.81. The molecule has 0 heterocycles. The summed E-state index contributed by atoms with van der Waals surface area (Å²) in [6.45, 7) is 8.03. The molecule has 0 aromatic rings. The summed E-state index contributed by atoms with van der Waals surface area (Å²) in [6, 6.07) is -0.150. The maximum atomic E-state index is 11.1. The van der Waals surface area contributed by atoms with Crippen LogP contribution >= 0.6 is 12.6 Å². The van der Waals surface area contributed by atoms with Gasteiger partial charge in [0, 0.05) is 17.3 Å². The molecule has 0 aromatic heterocycles. The van der Waals surface area contributed by atoms with Crippen molar-refractivity contribution in [2.45, 2.75) is 44.4 Å². The van der Waals surface area contributed by atoms with E-state index in [-0.39, 0.29) is 16.3 Å². The van der Waals surface area contributed by atoms with Crippen molar-refractivity contribution in [3.8, 4) is 0 Å². The first-order chi connectivity index (χ1) is 5.66. The van der Waals surface area contributed by atoms with Crippen LogP contribution in [0.2, 0.25) is 0 Å². The van der Waals surface area contributed by atoms with Crippen LogP contribution in [0.5, 0.6) is 0 Å². The van der Waals surface area contributed by atoms with Crippen LogP contribution in [-0.4, -0.2) is 23.4 Å². The van der Waals surface area contributed by atoms with Crippen molar-refractivity contribution in [1.82, 2.24) is 10.6 Å². The molecule has 4 heteroatoms. The number of amides is 2. The summed E-state index contributed by atoms with van der Waals surface area (Å²) in [6.07, 6.45) is 0.816. The molecule has 0 bridgehead atoms. The third kappa shape index (κ3) is 6.75. The third-order valence-corrected chi connectivity index (χ3v) is 1.71. The fourth-order valence-corrected chi connectivity index (χ4v) is 1.89. The first kappa shape index (κ1) is 12.6. The number of urea groups is 1. The standard InChI is InChI=1S/C9H20N2OS/c1-8(2,6-9(3,4)13)11-7(12)10-5/h13H,6H2,1-5H3,(H2,10,11,12). The molecule has 0 saturated heterocycles. The van der Waals surface area contributed by atoms with E-state index in [1.807, 2.05) is 27.7 Å². The highest BCUT2D eigenvalue weighted by Crippen LogP contribution is 2.24. The van der Waals surface area contributed by atoms with Crippen LogP contribution in [0.15, 0.2) is 0 Å². The summed E-state index contributed by atoms with van der Waals surface area (Å²) in [5.74, 6) is 0. The van der Waals surface area contributed by atoms with Crippen LogP contribution in [-0.2, 0) is 0 Å². The largest absolute Gasteiger partial charge is 0.341 e. The Morgan fingerprint density at radius 3 is 2.08 bits per heavy atom. The number of thiol groups is 1. The van der Waals surface area contributed by atoms with Crippen molar-refractivity contribution in [2.75, 3.05) is 7.05 Å². The molecule has 0 aliphatic rings. The molecule has 0 saturated carbocycles. The molecule has 0 aliphatic carbocycles. The summed E-state index contributed by atoms with van der Waals surface area (Å²) >= 11 is 4.43. The highest BCUT2D eigenvalue weighted by Gasteiger charge is 2.27. The molecule has 0 aliphatic heterocycles. The van der Waals surface area contributed by atoms with Gasteiger partial charge < -0.3 is 10.6 Å². The molecule has 0 unspecified atom stereocenters. The third-order valence-electron chi connectivity index (χ3n) is 1.55. The topological polar surface area (TPSA) is 41.1 Å². The number of carbonyl (C=O) groups excluding carboxylic acids is 1. The van der Waals surface area contributed by atoms with Crippen LogP contribution < -0.4 is 10.6 Å². The van der Waals surface area contributed by atoms with Crippen LogP contribution in [0.3, 0.4) is 0 Å². The summed E-state index contributed by atoms with van der Waals surface area (Å²) < 4.78 is -0.0788. The van der Waals surface area contributed by atoms with E-state index < -0.39 is 0 Å². The summed E-state index contributed by atoms with van der Waals surface area (Å²) in [5, 5.41) is 5.40. The fraction of sp³-hybridized carbons (Fsp3) is 0.889. The van der Waals surface area contributed by atoms with Crippen LogP contribution in [0.25, 0.3) is 0 Å². The van der Waals surface area contributed by atoms with Gasteiger partial charge >= 0.3 is 6.03 Å². The van der Waals surface area contributed by atoms with E-state index in [0.717, 1.165) is 6.42 Å². The van der Waals surface area contributed by atoms with E-state index in [1.54, 1.807) is 7.05 Å². The lowest BCUT2D eigenvalue weighted by molar-refractivity contribution is 0.228. The number of rotatable bonds is 3. The van der Waals surface area contributed by atoms with Gasteiger partial charge in [-0.25, -0.2) is 4.79 Å². The van der Waals surface area contributed by atoms with Gasteiger partial charge in [-0.1, -0.05) is 13.8 Å². The van der Waals surface area contributed by atoms with Gasteiger partial charge in [-0.15, -0.1) is 0 Å². The van der Waals surface area contributed by atoms with Crippen molar-refractivity contribution in [3.05, 3.63) is 0 Å². The lowest BCUT2D eigenvalue weighted by Gasteiger charge is -2.32. The molecule has 0 radical (unpaired) electrons. The van der Waals surface area contributed by atoms with Crippen LogP contribution in [0.1, 0.15) is 34.1 Å². The Bertz CT molecular complexity index is 185. The van der Waals surface area contributed by atoms with E-state index >= 15 is 0 Å². The van der Waals surface area contributed by atoms with Crippen molar-refractivity contribution >= 4 is 18.7 Å². The molecule has 3 nitrogen and oxygen atoms in total. The second-order valence-corrected chi connectivity index (χ2v) is 5.79. The normalized spacial score (nSPS) is 12.5. The maximum absolute atomic E-state index is 11.1. The molecule has 78 valence electrons. The van der Waals surface area contributed by atoms with Gasteiger partial charge in [-0.3, -0.25) is 0 Å². The van der Waals surface area contributed by atoms with Gasteiger partial charge in [-0.2, -0.15) is 12.6 Å². The van der Waals surface area contributed by atoms with Gasteiger partial charge in [0.15, 0.2) is 0 Å². The van der Waals surface area contributed by atoms with Crippen molar-refractivity contribution < 1.29 is 4.79 Å². The number of hydrogen-bond donors (Lipinski definition) is 3. The Labute approximate surface area is 86.1 Å². The Balaban J connectivity index is 4.16. The first-order valence-electron chi connectivity index (χ1n) is 4.38. The van der Waals surface area contributed by atoms with E-state index in [4.69, 9.17) is 0 Å². The lowest BCUT2D eigenvalue weighted by atomic mass is 9.92. The SMILES string of the molecule is CNC(=O)NC(C)(C)CC(C)(C)S. The molecule has 0 atom stereocenters. The Morgan fingerprint density at radius 1 is 1.31 bits per heavy atom. The highest BCUT2D eigenvalue weighted by atomic mass is 32.1. The number of hydrogen-bond acceptors (Lipinski definition) is 2. The second kappa shape index (κ2) is 4.22. The molecule has 0 fully saturated rings. The van der Waals surface area contributed by atoms with Crippen LogP contribution in [0.4, 0.5) is 4.79 Å². The quantitative estimate of drug-likeness (QED) is 0.603. The molecule has 2 N–H and O–H groups in total. The zero-order valence-corrected chi connectivity index (χ0v) is 9.96. The number of nitrogens with one attached hydrogen (secondary N) is 2. The van der Waals surface area contributed by atoms with Gasteiger partial charge in [0.25, 0.3) is 0 Å². The minimum atomic E-state index is -0.231. The average Bonchev–Trinajstić information content (AvgIpc) is 1.80. The predicted octanol–water partition coefficient (Wildman–Crippen LogP) is 1.79. The van der Waals surface area contributed by atoms with E-state index in [0.29, 0.717) is 0 Å². The molecular formula is C9H20N2OS. The minimum absolute atomic E-state index is 0.0788. The molecular weight excluding hydrogens is 184 g/mol. The zero-order valence-electron chi connectivity index (χ0n) is 9.06. The molecule has 0 aromatic carbocycles. The van der Waals surface area contributed by atoms with E-state index in [1.165, 1.54) is 0 Å². The molecule has 13 heavy (non-hydrogen) atoms. The first-order valence-corrected chi connectivity index (χ1v) is 4.83. The van der Waals surface area contributed by atoms with Gasteiger partial charge in [0.2, 0.25) is 0 Å². The second-order valence-electron chi connectivity index (χ2n) is 4.58. The minimum Gasteiger partial charge on any atom is -0.341 e. The van der Waals surface area contributed by atoms with Crippen molar-refractivity contribution in [1.29, 1.82) is 0 Å². The van der Waals surface area contributed by atoms with Crippen molar-refractivity contribution in [2.24, 2.45) is 0 Å². The monoisotopic (exact) mass is 204 g/mol. The smallest absolute Gasteiger partial charge is 0.314 e. The fourth-order valence-electron chi connectivity index (χ4n) is 1.50. The lowest BCUT2D eigenvalue weighted by Crippen LogP contribution is -2.49. The average molecular weight is 204 g/mol. The van der Waals surface area contributed by atoms with E-state index in [2.05, 4.69) is 23.3 Å². The molecule has 0 rings (SSSR count). The Kier molecular flexibility index (Phi) is 4.10. The molecule has 2 amide bonds. The van der Waals surface area contributed by atoms with Gasteiger partial charge in [0.05, 0.1) is 0 Å². The molecule has 0 spiro atoms. The van der Waals surface area contributed by atoms with E-state index in [9.17, 15) is 4.79 Å². The Morgan fingerprint density at radius 2 is 1.77 bits per heavy atom. The van der Waals surface area contributed by atoms with Crippen LogP contribution in [0, 0.1) is 0 Å². The number of carbonyl (C=O) groups is 1. The van der Waals surface area contributed by atoms with Gasteiger partial charge in [-0.05, 0) is 20.3 Å². The van der Waals surface area contributed by atoms with Gasteiger partial charge in [0.1, 0.15) is 0 Å². The Hall–Kier alpha value is -0.380. The maximum Gasteiger partial charge on any atom is 0.314 e. The van der Waals surface area contributed by atoms with Crippen molar-refractivity contribution in [3.63, 3.8) is 0 Å². The predicted molar refractivity (Wildman–Crippen MR) is 59.4 cm³/mol. The zero-order chi connectivity index (χ0) is 10.7. The summed E-state index contributed by atoms with van der Waals surface area (Å²) in [5.41, 5.74) is -0.231.